The SMILES string of the molecule is O=C(CNCC1CC1)Nc1ncc(Cc2cccc(Br)c2)s1. The zero-order valence-corrected chi connectivity index (χ0v) is 14.5. The number of thiazole rings is 1. The summed E-state index contributed by atoms with van der Waals surface area (Å²) in [6.07, 6.45) is 5.24. The van der Waals surface area contributed by atoms with Gasteiger partial charge in [0.2, 0.25) is 5.91 Å². The molecule has 0 spiro atoms. The summed E-state index contributed by atoms with van der Waals surface area (Å²) in [5, 5.41) is 6.70. The third-order valence-corrected chi connectivity index (χ3v) is 4.89. The number of rotatable bonds is 7. The van der Waals surface area contributed by atoms with E-state index in [1.165, 1.54) is 29.7 Å². The molecule has 1 heterocycles. The standard InChI is InChI=1S/C16H18BrN3OS/c17-13-3-1-2-12(6-13)7-14-9-19-16(22-14)20-15(21)10-18-8-11-4-5-11/h1-3,6,9,11,18H,4-5,7-8,10H2,(H,19,20,21). The van der Waals surface area contributed by atoms with Crippen molar-refractivity contribution >= 4 is 38.3 Å². The molecule has 116 valence electrons. The topological polar surface area (TPSA) is 54.0 Å². The smallest absolute Gasteiger partial charge is 0.240 e. The van der Waals surface area contributed by atoms with Crippen molar-refractivity contribution in [2.45, 2.75) is 19.3 Å². The van der Waals surface area contributed by atoms with E-state index in [0.717, 1.165) is 28.2 Å². The molecular weight excluding hydrogens is 362 g/mol. The summed E-state index contributed by atoms with van der Waals surface area (Å²) in [6.45, 7) is 1.30. The number of carbonyl (C=O) groups excluding carboxylic acids is 1. The van der Waals surface area contributed by atoms with Crippen LogP contribution in [0.15, 0.2) is 34.9 Å². The Morgan fingerprint density at radius 1 is 1.41 bits per heavy atom. The highest BCUT2D eigenvalue weighted by molar-refractivity contribution is 9.10. The van der Waals surface area contributed by atoms with Crippen LogP contribution < -0.4 is 10.6 Å². The summed E-state index contributed by atoms with van der Waals surface area (Å²) in [6, 6.07) is 8.22. The summed E-state index contributed by atoms with van der Waals surface area (Å²) >= 11 is 5.00. The number of hydrogen-bond donors (Lipinski definition) is 2. The number of aromatic nitrogens is 1. The zero-order valence-electron chi connectivity index (χ0n) is 12.1. The highest BCUT2D eigenvalue weighted by Gasteiger charge is 2.20. The van der Waals surface area contributed by atoms with Crippen molar-refractivity contribution < 1.29 is 4.79 Å². The average molecular weight is 380 g/mol. The molecule has 2 aromatic rings. The second-order valence-electron chi connectivity index (χ2n) is 5.56. The lowest BCUT2D eigenvalue weighted by Gasteiger charge is -2.03. The van der Waals surface area contributed by atoms with Crippen LogP contribution in [0, 0.1) is 5.92 Å². The molecular formula is C16H18BrN3OS. The van der Waals surface area contributed by atoms with Crippen LogP contribution in [-0.4, -0.2) is 24.0 Å². The van der Waals surface area contributed by atoms with E-state index in [0.29, 0.717) is 11.7 Å². The molecule has 1 aromatic heterocycles. The van der Waals surface area contributed by atoms with Crippen molar-refractivity contribution in [3.8, 4) is 0 Å². The molecule has 1 amide bonds. The van der Waals surface area contributed by atoms with Gasteiger partial charge >= 0.3 is 0 Å². The lowest BCUT2D eigenvalue weighted by atomic mass is 10.1. The van der Waals surface area contributed by atoms with E-state index < -0.39 is 0 Å². The maximum atomic E-state index is 11.8. The van der Waals surface area contributed by atoms with Crippen LogP contribution in [0.25, 0.3) is 0 Å². The minimum absolute atomic E-state index is 0.0241. The minimum Gasteiger partial charge on any atom is -0.308 e. The fourth-order valence-electron chi connectivity index (χ4n) is 2.17. The van der Waals surface area contributed by atoms with Crippen molar-refractivity contribution in [2.24, 2.45) is 5.92 Å². The van der Waals surface area contributed by atoms with E-state index in [1.807, 2.05) is 18.3 Å². The second-order valence-corrected chi connectivity index (χ2v) is 7.59. The largest absolute Gasteiger partial charge is 0.308 e. The molecule has 1 aliphatic rings. The lowest BCUT2D eigenvalue weighted by Crippen LogP contribution is -2.29. The van der Waals surface area contributed by atoms with Gasteiger partial charge in [0.05, 0.1) is 6.54 Å². The Balaban J connectivity index is 1.48. The minimum atomic E-state index is -0.0241. The number of benzene rings is 1. The predicted octanol–water partition coefficient (Wildman–Crippen LogP) is 3.43. The number of hydrogen-bond acceptors (Lipinski definition) is 4. The third kappa shape index (κ3) is 4.90. The fraction of sp³-hybridized carbons (Fsp3) is 0.375. The van der Waals surface area contributed by atoms with E-state index in [1.54, 1.807) is 0 Å². The van der Waals surface area contributed by atoms with E-state index >= 15 is 0 Å². The van der Waals surface area contributed by atoms with Gasteiger partial charge in [0.25, 0.3) is 0 Å². The first-order valence-electron chi connectivity index (χ1n) is 7.39. The van der Waals surface area contributed by atoms with E-state index in [4.69, 9.17) is 0 Å². The Kier molecular flexibility index (Phi) is 5.23. The number of nitrogens with zero attached hydrogens (tertiary/aromatic N) is 1. The maximum absolute atomic E-state index is 11.8. The van der Waals surface area contributed by atoms with Crippen LogP contribution in [0.1, 0.15) is 23.3 Å². The number of carbonyl (C=O) groups is 1. The predicted molar refractivity (Wildman–Crippen MR) is 93.3 cm³/mol. The van der Waals surface area contributed by atoms with Crippen molar-refractivity contribution in [3.05, 3.63) is 45.4 Å². The summed E-state index contributed by atoms with van der Waals surface area (Å²) in [4.78, 5) is 17.2. The van der Waals surface area contributed by atoms with Gasteiger partial charge in [0.1, 0.15) is 0 Å². The number of anilines is 1. The van der Waals surface area contributed by atoms with Gasteiger partial charge in [0.15, 0.2) is 5.13 Å². The normalized spacial score (nSPS) is 14.0. The Morgan fingerprint density at radius 2 is 2.27 bits per heavy atom. The molecule has 1 aromatic carbocycles. The van der Waals surface area contributed by atoms with Gasteiger partial charge in [-0.1, -0.05) is 28.1 Å². The Hall–Kier alpha value is -1.24. The first-order valence-corrected chi connectivity index (χ1v) is 9.00. The van der Waals surface area contributed by atoms with Gasteiger partial charge in [-0.3, -0.25) is 4.79 Å². The zero-order chi connectivity index (χ0) is 15.4. The molecule has 0 saturated heterocycles. The highest BCUT2D eigenvalue weighted by Crippen LogP contribution is 2.27. The molecule has 22 heavy (non-hydrogen) atoms. The van der Waals surface area contributed by atoms with Crippen molar-refractivity contribution in [1.29, 1.82) is 0 Å². The Labute approximate surface area is 142 Å². The summed E-state index contributed by atoms with van der Waals surface area (Å²) in [7, 11) is 0. The van der Waals surface area contributed by atoms with Crippen LogP contribution in [0.2, 0.25) is 0 Å². The molecule has 6 heteroatoms. The summed E-state index contributed by atoms with van der Waals surface area (Å²) < 4.78 is 1.07. The Bertz CT molecular complexity index is 654. The first-order chi connectivity index (χ1) is 10.7. The van der Waals surface area contributed by atoms with Gasteiger partial charge in [-0.25, -0.2) is 4.98 Å². The van der Waals surface area contributed by atoms with Crippen molar-refractivity contribution in [2.75, 3.05) is 18.4 Å². The fourth-order valence-corrected chi connectivity index (χ4v) is 3.48. The van der Waals surface area contributed by atoms with Gasteiger partial charge in [-0.15, -0.1) is 11.3 Å². The van der Waals surface area contributed by atoms with Crippen LogP contribution in [0.4, 0.5) is 5.13 Å². The van der Waals surface area contributed by atoms with E-state index in [-0.39, 0.29) is 5.91 Å². The van der Waals surface area contributed by atoms with Crippen LogP contribution in [0.5, 0.6) is 0 Å². The Morgan fingerprint density at radius 3 is 3.05 bits per heavy atom. The molecule has 1 fully saturated rings. The van der Waals surface area contributed by atoms with E-state index in [9.17, 15) is 4.79 Å². The molecule has 0 aliphatic heterocycles. The average Bonchev–Trinajstić information content (AvgIpc) is 3.20. The van der Waals surface area contributed by atoms with Crippen molar-refractivity contribution in [1.82, 2.24) is 10.3 Å². The molecule has 2 N–H and O–H groups in total. The molecule has 1 saturated carbocycles. The molecule has 3 rings (SSSR count). The summed E-state index contributed by atoms with van der Waals surface area (Å²) in [5.41, 5.74) is 1.22. The molecule has 0 atom stereocenters. The van der Waals surface area contributed by atoms with Gasteiger partial charge < -0.3 is 10.6 Å². The van der Waals surface area contributed by atoms with Crippen molar-refractivity contribution in [3.63, 3.8) is 0 Å². The monoisotopic (exact) mass is 379 g/mol. The molecule has 0 bridgehead atoms. The number of halogens is 1. The molecule has 4 nitrogen and oxygen atoms in total. The molecule has 0 radical (unpaired) electrons. The van der Waals surface area contributed by atoms with Crippen LogP contribution in [-0.2, 0) is 11.2 Å². The number of nitrogens with one attached hydrogen (secondary N) is 2. The van der Waals surface area contributed by atoms with E-state index in [2.05, 4.69) is 43.7 Å². The van der Waals surface area contributed by atoms with Crippen LogP contribution in [0.3, 0.4) is 0 Å². The third-order valence-electron chi connectivity index (χ3n) is 3.48. The van der Waals surface area contributed by atoms with Gasteiger partial charge in [-0.2, -0.15) is 0 Å². The highest BCUT2D eigenvalue weighted by atomic mass is 79.9. The van der Waals surface area contributed by atoms with Crippen LogP contribution >= 0.6 is 27.3 Å². The maximum Gasteiger partial charge on any atom is 0.240 e. The second kappa shape index (κ2) is 7.35. The van der Waals surface area contributed by atoms with Gasteiger partial charge in [0, 0.05) is 22.0 Å². The molecule has 1 aliphatic carbocycles. The van der Waals surface area contributed by atoms with Gasteiger partial charge in [-0.05, 0) is 43.0 Å². The summed E-state index contributed by atoms with van der Waals surface area (Å²) in [5.74, 6) is 0.758. The first kappa shape index (κ1) is 15.6. The quantitative estimate of drug-likeness (QED) is 0.774. The molecule has 0 unspecified atom stereocenters. The number of amides is 1. The lowest BCUT2D eigenvalue weighted by molar-refractivity contribution is -0.115.